The van der Waals surface area contributed by atoms with Crippen molar-refractivity contribution < 1.29 is 29.1 Å². The van der Waals surface area contributed by atoms with E-state index >= 15 is 0 Å². The summed E-state index contributed by atoms with van der Waals surface area (Å²) in [7, 11) is 0. The van der Waals surface area contributed by atoms with Gasteiger partial charge in [0.05, 0.1) is 12.6 Å². The van der Waals surface area contributed by atoms with Crippen molar-refractivity contribution >= 4 is 41.5 Å². The Hall–Kier alpha value is -4.15. The lowest BCUT2D eigenvalue weighted by molar-refractivity contribution is -0.138. The number of carboxylic acid groups (broad SMARTS) is 1. The number of nitrogens with two attached hydrogens (primary N) is 3. The van der Waals surface area contributed by atoms with Gasteiger partial charge in [-0.2, -0.15) is 0 Å². The minimum absolute atomic E-state index is 0.00187. The van der Waals surface area contributed by atoms with Gasteiger partial charge in [-0.05, 0) is 38.0 Å². The van der Waals surface area contributed by atoms with Crippen LogP contribution < -0.4 is 49.1 Å². The van der Waals surface area contributed by atoms with Crippen molar-refractivity contribution in [1.29, 1.82) is 10.8 Å². The summed E-state index contributed by atoms with van der Waals surface area (Å²) in [6.45, 7) is 3.19. The summed E-state index contributed by atoms with van der Waals surface area (Å²) < 4.78 is 0. The van der Waals surface area contributed by atoms with Gasteiger partial charge in [0.15, 0.2) is 11.9 Å². The van der Waals surface area contributed by atoms with Crippen molar-refractivity contribution in [2.45, 2.75) is 64.1 Å². The van der Waals surface area contributed by atoms with Gasteiger partial charge in [-0.25, -0.2) is 0 Å². The number of nitrogens with one attached hydrogen (secondary N) is 8. The fourth-order valence-corrected chi connectivity index (χ4v) is 3.26. The van der Waals surface area contributed by atoms with Crippen LogP contribution in [0.15, 0.2) is 0 Å². The third-order valence-corrected chi connectivity index (χ3v) is 5.16. The van der Waals surface area contributed by atoms with E-state index < -0.39 is 60.8 Å². The number of aliphatic carboxylic acids is 1. The maximum Gasteiger partial charge on any atom is 0.322 e. The number of carboxylic acids is 1. The van der Waals surface area contributed by atoms with Gasteiger partial charge < -0.3 is 54.2 Å². The molecule has 0 aliphatic carbocycles. The highest BCUT2D eigenvalue weighted by Crippen LogP contribution is 2.08. The lowest BCUT2D eigenvalue weighted by Crippen LogP contribution is -2.56. The van der Waals surface area contributed by atoms with Crippen LogP contribution in [0.3, 0.4) is 0 Å². The first-order valence-corrected chi connectivity index (χ1v) is 12.5. The number of amides is 4. The van der Waals surface area contributed by atoms with Crippen molar-refractivity contribution in [1.82, 2.24) is 31.9 Å². The van der Waals surface area contributed by atoms with Gasteiger partial charge in [0, 0.05) is 13.1 Å². The maximum absolute atomic E-state index is 13.1. The first-order valence-electron chi connectivity index (χ1n) is 12.5. The molecule has 17 nitrogen and oxygen atoms in total. The van der Waals surface area contributed by atoms with Crippen LogP contribution in [-0.2, 0) is 24.0 Å². The number of hydrogen-bond acceptors (Lipinski definition) is 8. The van der Waals surface area contributed by atoms with Crippen LogP contribution >= 0.6 is 0 Å². The van der Waals surface area contributed by atoms with Crippen LogP contribution in [0.25, 0.3) is 0 Å². The van der Waals surface area contributed by atoms with Gasteiger partial charge >= 0.3 is 5.97 Å². The predicted molar refractivity (Wildman–Crippen MR) is 143 cm³/mol. The van der Waals surface area contributed by atoms with Gasteiger partial charge in [0.2, 0.25) is 23.6 Å². The van der Waals surface area contributed by atoms with Crippen LogP contribution in [0.5, 0.6) is 0 Å². The van der Waals surface area contributed by atoms with Gasteiger partial charge in [0.25, 0.3) is 0 Å². The zero-order valence-electron chi connectivity index (χ0n) is 22.4. The molecule has 0 aromatic carbocycles. The second kappa shape index (κ2) is 19.0. The number of guanidine groups is 2. The zero-order valence-corrected chi connectivity index (χ0v) is 22.4. The number of hydrogen-bond donors (Lipinski definition) is 12. The smallest absolute Gasteiger partial charge is 0.322 e. The zero-order chi connectivity index (χ0) is 30.0. The Morgan fingerprint density at radius 2 is 1.28 bits per heavy atom. The molecule has 3 atom stereocenters. The summed E-state index contributed by atoms with van der Waals surface area (Å²) in [5.41, 5.74) is 16.4. The highest BCUT2D eigenvalue weighted by atomic mass is 16.4. The van der Waals surface area contributed by atoms with E-state index in [1.807, 2.05) is 13.8 Å². The van der Waals surface area contributed by atoms with E-state index in [2.05, 4.69) is 31.9 Å². The molecule has 0 aliphatic heterocycles. The first kappa shape index (κ1) is 34.9. The molecule has 0 unspecified atom stereocenters. The van der Waals surface area contributed by atoms with Crippen LogP contribution in [0.4, 0.5) is 0 Å². The SMILES string of the molecule is CC(C)C[C@@H](NC(=O)[C@@H](N)CCCNC(=N)N)C(=O)N[C@@H](CCCNC(=N)N)C(=O)NCC(=O)NCC(=O)O. The standard InChI is InChI=1S/C22H43N11O6/c1-12(2)9-15(33-18(37)13(23)5-3-7-28-21(24)25)20(39)32-14(6-4-8-29-22(26)27)19(38)31-10-16(34)30-11-17(35)36/h12-15H,3-11,23H2,1-2H3,(H,30,34)(H,31,38)(H,32,39)(H,33,37)(H,35,36)(H4,24,25,28)(H4,26,27,29)/t13-,14-,15+/m0/s1. The van der Waals surface area contributed by atoms with Crippen LogP contribution in [0.1, 0.15) is 46.0 Å². The van der Waals surface area contributed by atoms with Gasteiger partial charge in [-0.1, -0.05) is 13.8 Å². The van der Waals surface area contributed by atoms with Gasteiger partial charge in [-0.15, -0.1) is 0 Å². The molecule has 4 amide bonds. The molecule has 0 saturated heterocycles. The van der Waals surface area contributed by atoms with E-state index in [1.54, 1.807) is 0 Å². The molecular formula is C22H43N11O6. The highest BCUT2D eigenvalue weighted by molar-refractivity contribution is 5.94. The van der Waals surface area contributed by atoms with Crippen molar-refractivity contribution in [2.75, 3.05) is 26.2 Å². The normalized spacial score (nSPS) is 12.8. The van der Waals surface area contributed by atoms with Crippen molar-refractivity contribution in [3.8, 4) is 0 Å². The number of rotatable bonds is 19. The fraction of sp³-hybridized carbons (Fsp3) is 0.682. The minimum atomic E-state index is -1.25. The Bertz CT molecular complexity index is 867. The summed E-state index contributed by atoms with van der Waals surface area (Å²) in [6.07, 6.45) is 1.43. The van der Waals surface area contributed by atoms with Crippen LogP contribution in [0.2, 0.25) is 0 Å². The Labute approximate surface area is 227 Å². The molecule has 222 valence electrons. The van der Waals surface area contributed by atoms with Crippen molar-refractivity contribution in [3.05, 3.63) is 0 Å². The molecule has 0 radical (unpaired) electrons. The Kier molecular flexibility index (Phi) is 17.0. The van der Waals surface area contributed by atoms with E-state index in [4.69, 9.17) is 33.1 Å². The first-order chi connectivity index (χ1) is 18.2. The molecule has 0 spiro atoms. The maximum atomic E-state index is 13.1. The Morgan fingerprint density at radius 1 is 0.744 bits per heavy atom. The molecular weight excluding hydrogens is 514 g/mol. The Morgan fingerprint density at radius 3 is 1.79 bits per heavy atom. The largest absolute Gasteiger partial charge is 0.480 e. The lowest BCUT2D eigenvalue weighted by atomic mass is 10.0. The van der Waals surface area contributed by atoms with Gasteiger partial charge in [-0.3, -0.25) is 34.8 Å². The van der Waals surface area contributed by atoms with E-state index in [9.17, 15) is 24.0 Å². The van der Waals surface area contributed by atoms with E-state index in [0.29, 0.717) is 19.4 Å². The second-order valence-corrected chi connectivity index (χ2v) is 9.21. The monoisotopic (exact) mass is 557 g/mol. The van der Waals surface area contributed by atoms with Crippen molar-refractivity contribution in [3.63, 3.8) is 0 Å². The summed E-state index contributed by atoms with van der Waals surface area (Å²) in [5.74, 6) is -4.31. The highest BCUT2D eigenvalue weighted by Gasteiger charge is 2.28. The van der Waals surface area contributed by atoms with Gasteiger partial charge in [0.1, 0.15) is 18.6 Å². The molecule has 0 aromatic heterocycles. The summed E-state index contributed by atoms with van der Waals surface area (Å²) in [5, 5.41) is 37.9. The quantitative estimate of drug-likeness (QED) is 0.0414. The molecule has 0 bridgehead atoms. The molecule has 0 fully saturated rings. The average Bonchev–Trinajstić information content (AvgIpc) is 2.84. The van der Waals surface area contributed by atoms with Crippen molar-refractivity contribution in [2.24, 2.45) is 23.1 Å². The van der Waals surface area contributed by atoms with E-state index in [-0.39, 0.29) is 43.6 Å². The van der Waals surface area contributed by atoms with Crippen LogP contribution in [0, 0.1) is 16.7 Å². The molecule has 17 heteroatoms. The Balaban J connectivity index is 5.29. The lowest BCUT2D eigenvalue weighted by Gasteiger charge is -2.25. The summed E-state index contributed by atoms with van der Waals surface area (Å²) in [6, 6.07) is -3.01. The third kappa shape index (κ3) is 17.9. The molecule has 0 aromatic rings. The van der Waals surface area contributed by atoms with E-state index in [0.717, 1.165) is 0 Å². The second-order valence-electron chi connectivity index (χ2n) is 9.21. The molecule has 0 rings (SSSR count). The molecule has 0 saturated carbocycles. The minimum Gasteiger partial charge on any atom is -0.480 e. The average molecular weight is 558 g/mol. The molecule has 0 heterocycles. The third-order valence-electron chi connectivity index (χ3n) is 5.16. The fourth-order valence-electron chi connectivity index (χ4n) is 3.26. The molecule has 39 heavy (non-hydrogen) atoms. The number of carbonyl (C=O) groups excluding carboxylic acids is 4. The summed E-state index contributed by atoms with van der Waals surface area (Å²) >= 11 is 0. The van der Waals surface area contributed by atoms with Crippen LogP contribution in [-0.4, -0.2) is 90.9 Å². The topological polar surface area (TPSA) is 304 Å². The molecule has 0 aliphatic rings. The predicted octanol–water partition coefficient (Wildman–Crippen LogP) is -3.83. The molecule has 15 N–H and O–H groups in total. The summed E-state index contributed by atoms with van der Waals surface area (Å²) in [4.78, 5) is 60.9. The van der Waals surface area contributed by atoms with E-state index in [1.165, 1.54) is 0 Å². The number of carbonyl (C=O) groups is 5.